The van der Waals surface area contributed by atoms with Crippen molar-refractivity contribution in [3.63, 3.8) is 0 Å². The molecule has 1 fully saturated rings. The summed E-state index contributed by atoms with van der Waals surface area (Å²) in [6, 6.07) is 15.8. The van der Waals surface area contributed by atoms with E-state index in [2.05, 4.69) is 54.3 Å². The molecule has 0 saturated carbocycles. The van der Waals surface area contributed by atoms with Gasteiger partial charge in [-0.3, -0.25) is 0 Å². The van der Waals surface area contributed by atoms with E-state index in [1.54, 1.807) is 0 Å². The number of fused-ring (bicyclic) bond motifs is 1. The highest BCUT2D eigenvalue weighted by molar-refractivity contribution is 5.85. The highest BCUT2D eigenvalue weighted by Crippen LogP contribution is 2.28. The van der Waals surface area contributed by atoms with E-state index in [0.717, 1.165) is 19.5 Å². The van der Waals surface area contributed by atoms with E-state index < -0.39 is 0 Å². The van der Waals surface area contributed by atoms with Gasteiger partial charge in [0.15, 0.2) is 0 Å². The van der Waals surface area contributed by atoms with Crippen molar-refractivity contribution in [2.75, 3.05) is 18.0 Å². The van der Waals surface area contributed by atoms with Crippen molar-refractivity contribution < 1.29 is 0 Å². The number of hydrogen-bond acceptors (Lipinski definition) is 2. The molecule has 0 bridgehead atoms. The quantitative estimate of drug-likeness (QED) is 0.911. The van der Waals surface area contributed by atoms with E-state index in [-0.39, 0.29) is 0 Å². The molecule has 21 heavy (non-hydrogen) atoms. The van der Waals surface area contributed by atoms with Crippen molar-refractivity contribution in [3.05, 3.63) is 42.5 Å². The average molecular weight is 282 g/mol. The van der Waals surface area contributed by atoms with Gasteiger partial charge < -0.3 is 10.6 Å². The number of unbranched alkanes of at least 4 members (excludes halogenated alkanes) is 1. The van der Waals surface area contributed by atoms with Crippen LogP contribution in [0.25, 0.3) is 10.8 Å². The van der Waals surface area contributed by atoms with Gasteiger partial charge in [0.2, 0.25) is 0 Å². The fourth-order valence-corrected chi connectivity index (χ4v) is 3.43. The predicted molar refractivity (Wildman–Crippen MR) is 91.8 cm³/mol. The maximum atomic E-state index is 6.32. The van der Waals surface area contributed by atoms with Crippen LogP contribution in [-0.4, -0.2) is 19.1 Å². The first kappa shape index (κ1) is 14.4. The lowest BCUT2D eigenvalue weighted by atomic mass is 9.88. The highest BCUT2D eigenvalue weighted by Gasteiger charge is 2.26. The van der Waals surface area contributed by atoms with E-state index in [4.69, 9.17) is 5.73 Å². The highest BCUT2D eigenvalue weighted by atomic mass is 15.1. The second-order valence-electron chi connectivity index (χ2n) is 6.33. The first-order valence-electron chi connectivity index (χ1n) is 8.27. The van der Waals surface area contributed by atoms with Gasteiger partial charge in [-0.25, -0.2) is 0 Å². The molecule has 2 aromatic rings. The Morgan fingerprint density at radius 3 is 2.76 bits per heavy atom. The van der Waals surface area contributed by atoms with E-state index in [9.17, 15) is 0 Å². The summed E-state index contributed by atoms with van der Waals surface area (Å²) in [6.07, 6.45) is 4.94. The van der Waals surface area contributed by atoms with Gasteiger partial charge in [-0.15, -0.1) is 0 Å². The summed E-state index contributed by atoms with van der Waals surface area (Å²) in [6.45, 7) is 4.46. The molecule has 1 saturated heterocycles. The summed E-state index contributed by atoms with van der Waals surface area (Å²) in [5.74, 6) is 0.644. The fraction of sp³-hybridized carbons (Fsp3) is 0.474. The van der Waals surface area contributed by atoms with Crippen LogP contribution in [0, 0.1) is 5.92 Å². The lowest BCUT2D eigenvalue weighted by molar-refractivity contribution is 0.330. The number of nitrogens with zero attached hydrogens (tertiary/aromatic N) is 1. The lowest BCUT2D eigenvalue weighted by Crippen LogP contribution is -2.47. The van der Waals surface area contributed by atoms with Crippen molar-refractivity contribution in [2.45, 2.75) is 38.6 Å². The fourth-order valence-electron chi connectivity index (χ4n) is 3.43. The molecule has 2 N–H and O–H groups in total. The number of benzene rings is 2. The molecule has 3 rings (SSSR count). The van der Waals surface area contributed by atoms with Crippen LogP contribution in [0.15, 0.2) is 42.5 Å². The van der Waals surface area contributed by atoms with E-state index in [1.807, 2.05) is 0 Å². The van der Waals surface area contributed by atoms with Crippen LogP contribution in [0.2, 0.25) is 0 Å². The van der Waals surface area contributed by atoms with Crippen molar-refractivity contribution in [1.82, 2.24) is 0 Å². The van der Waals surface area contributed by atoms with Crippen molar-refractivity contribution in [3.8, 4) is 0 Å². The summed E-state index contributed by atoms with van der Waals surface area (Å²) < 4.78 is 0. The maximum Gasteiger partial charge on any atom is 0.0372 e. The van der Waals surface area contributed by atoms with Gasteiger partial charge in [-0.1, -0.05) is 50.1 Å². The monoisotopic (exact) mass is 282 g/mol. The molecule has 2 atom stereocenters. The Bertz CT molecular complexity index is 593. The molecule has 0 spiro atoms. The van der Waals surface area contributed by atoms with Gasteiger partial charge in [-0.05, 0) is 41.7 Å². The molecule has 2 aromatic carbocycles. The maximum absolute atomic E-state index is 6.32. The Morgan fingerprint density at radius 1 is 1.14 bits per heavy atom. The molecule has 0 aromatic heterocycles. The molecule has 0 radical (unpaired) electrons. The number of hydrogen-bond donors (Lipinski definition) is 1. The Kier molecular flexibility index (Phi) is 4.45. The van der Waals surface area contributed by atoms with Crippen LogP contribution in [0.5, 0.6) is 0 Å². The summed E-state index contributed by atoms with van der Waals surface area (Å²) in [5.41, 5.74) is 7.67. The Hall–Kier alpha value is -1.54. The molecular weight excluding hydrogens is 256 g/mol. The standard InChI is InChI=1S/C19H26N2/c1-2-3-6-17-14-21(12-11-19(17)20)18-10-9-15-7-4-5-8-16(15)13-18/h4-5,7-10,13,17,19H,2-3,6,11-12,14,20H2,1H3/t17-,19-/m1/s1. The second-order valence-corrected chi connectivity index (χ2v) is 6.33. The topological polar surface area (TPSA) is 29.3 Å². The smallest absolute Gasteiger partial charge is 0.0372 e. The molecule has 1 aliphatic rings. The van der Waals surface area contributed by atoms with Gasteiger partial charge in [0.05, 0.1) is 0 Å². The zero-order valence-corrected chi connectivity index (χ0v) is 13.0. The lowest BCUT2D eigenvalue weighted by Gasteiger charge is -2.38. The Morgan fingerprint density at radius 2 is 1.95 bits per heavy atom. The third-order valence-corrected chi connectivity index (χ3v) is 4.82. The summed E-state index contributed by atoms with van der Waals surface area (Å²) in [5, 5.41) is 2.65. The molecule has 0 aliphatic carbocycles. The Labute approximate surface area is 127 Å². The predicted octanol–water partition coefficient (Wildman–Crippen LogP) is 4.18. The zero-order chi connectivity index (χ0) is 14.7. The number of nitrogens with two attached hydrogens (primary N) is 1. The largest absolute Gasteiger partial charge is 0.371 e. The van der Waals surface area contributed by atoms with Crippen LogP contribution in [0.3, 0.4) is 0 Å². The van der Waals surface area contributed by atoms with Crippen LogP contribution < -0.4 is 10.6 Å². The minimum Gasteiger partial charge on any atom is -0.371 e. The molecular formula is C19H26N2. The van der Waals surface area contributed by atoms with E-state index >= 15 is 0 Å². The normalized spacial score (nSPS) is 22.7. The van der Waals surface area contributed by atoms with E-state index in [0.29, 0.717) is 12.0 Å². The van der Waals surface area contributed by atoms with E-state index in [1.165, 1.54) is 35.7 Å². The minimum absolute atomic E-state index is 0.383. The average Bonchev–Trinajstić information content (AvgIpc) is 2.53. The van der Waals surface area contributed by atoms with Crippen LogP contribution in [0.4, 0.5) is 5.69 Å². The molecule has 0 amide bonds. The molecule has 1 heterocycles. The van der Waals surface area contributed by atoms with Gasteiger partial charge >= 0.3 is 0 Å². The van der Waals surface area contributed by atoms with Gasteiger partial charge in [0.25, 0.3) is 0 Å². The second kappa shape index (κ2) is 6.48. The SMILES string of the molecule is CCCC[C@@H]1CN(c2ccc3ccccc3c2)CC[C@H]1N. The number of rotatable bonds is 4. The van der Waals surface area contributed by atoms with Crippen LogP contribution in [0.1, 0.15) is 32.6 Å². The summed E-state index contributed by atoms with van der Waals surface area (Å²) in [7, 11) is 0. The summed E-state index contributed by atoms with van der Waals surface area (Å²) >= 11 is 0. The molecule has 2 heteroatoms. The van der Waals surface area contributed by atoms with Crippen molar-refractivity contribution in [1.29, 1.82) is 0 Å². The number of piperidine rings is 1. The van der Waals surface area contributed by atoms with Crippen molar-refractivity contribution in [2.24, 2.45) is 11.7 Å². The molecule has 1 aliphatic heterocycles. The number of anilines is 1. The summed E-state index contributed by atoms with van der Waals surface area (Å²) in [4.78, 5) is 2.52. The van der Waals surface area contributed by atoms with Crippen molar-refractivity contribution >= 4 is 16.5 Å². The molecule has 2 nitrogen and oxygen atoms in total. The molecule has 0 unspecified atom stereocenters. The van der Waals surface area contributed by atoms with Gasteiger partial charge in [0.1, 0.15) is 0 Å². The molecule has 112 valence electrons. The first-order valence-corrected chi connectivity index (χ1v) is 8.27. The van der Waals surface area contributed by atoms with Gasteiger partial charge in [-0.2, -0.15) is 0 Å². The third-order valence-electron chi connectivity index (χ3n) is 4.82. The zero-order valence-electron chi connectivity index (χ0n) is 13.0. The van der Waals surface area contributed by atoms with Crippen LogP contribution >= 0.6 is 0 Å². The minimum atomic E-state index is 0.383. The Balaban J connectivity index is 1.78. The first-order chi connectivity index (χ1) is 10.3. The van der Waals surface area contributed by atoms with Crippen LogP contribution in [-0.2, 0) is 0 Å². The third kappa shape index (κ3) is 3.21. The van der Waals surface area contributed by atoms with Gasteiger partial charge in [0, 0.05) is 24.8 Å².